The normalized spacial score (nSPS) is 14.4. The number of aromatic nitrogens is 11. The highest BCUT2D eigenvalue weighted by Crippen LogP contribution is 2.40. The molecule has 1 aliphatic heterocycles. The summed E-state index contributed by atoms with van der Waals surface area (Å²) in [6.07, 6.45) is 19.6. The van der Waals surface area contributed by atoms with Crippen molar-refractivity contribution in [2.45, 2.75) is 25.7 Å². The molecule has 0 bridgehead atoms. The van der Waals surface area contributed by atoms with E-state index in [9.17, 15) is 0 Å². The van der Waals surface area contributed by atoms with Crippen molar-refractivity contribution < 1.29 is 0 Å². The van der Waals surface area contributed by atoms with E-state index in [-0.39, 0.29) is 0 Å². The Hall–Kier alpha value is -7.81. The summed E-state index contributed by atoms with van der Waals surface area (Å²) < 4.78 is 5.84. The fourth-order valence-electron chi connectivity index (χ4n) is 7.10. The lowest BCUT2D eigenvalue weighted by atomic mass is 10.1. The summed E-state index contributed by atoms with van der Waals surface area (Å²) in [4.78, 5) is 20.5. The summed E-state index contributed by atoms with van der Waals surface area (Å²) in [5.41, 5.74) is 11.4. The summed E-state index contributed by atoms with van der Waals surface area (Å²) in [7, 11) is 3.93. The molecule has 4 N–H and O–H groups in total. The van der Waals surface area contributed by atoms with E-state index in [1.54, 1.807) is 6.20 Å². The molecule has 0 radical (unpaired) electrons. The Labute approximate surface area is 332 Å². The summed E-state index contributed by atoms with van der Waals surface area (Å²) in [6.45, 7) is 6.23. The van der Waals surface area contributed by atoms with Crippen LogP contribution in [0.25, 0.3) is 55.4 Å². The van der Waals surface area contributed by atoms with Crippen LogP contribution in [0.2, 0.25) is 0 Å². The lowest BCUT2D eigenvalue weighted by Gasteiger charge is -2.26. The number of aryl methyl sites for hydroxylation is 2. The van der Waals surface area contributed by atoms with Crippen molar-refractivity contribution >= 4 is 67.3 Å². The molecule has 0 amide bonds. The van der Waals surface area contributed by atoms with E-state index in [0.29, 0.717) is 17.6 Å². The lowest BCUT2D eigenvalue weighted by molar-refractivity contribution is 0.658. The van der Waals surface area contributed by atoms with Gasteiger partial charge >= 0.3 is 0 Å². The lowest BCUT2D eigenvalue weighted by Crippen LogP contribution is -2.26. The summed E-state index contributed by atoms with van der Waals surface area (Å²) in [6, 6.07) is 20.5. The minimum atomic E-state index is 0.625. The molecule has 11 rings (SSSR count). The van der Waals surface area contributed by atoms with Crippen LogP contribution in [0.4, 0.5) is 17.3 Å². The summed E-state index contributed by atoms with van der Waals surface area (Å²) in [5, 5.41) is 27.9. The van der Waals surface area contributed by atoms with Crippen LogP contribution in [0, 0.1) is 0 Å². The van der Waals surface area contributed by atoms with Gasteiger partial charge < -0.3 is 24.5 Å². The van der Waals surface area contributed by atoms with Crippen molar-refractivity contribution in [3.8, 4) is 11.3 Å². The first-order valence-electron chi connectivity index (χ1n) is 19.0. The number of allylic oxidation sites excluding steroid dienone is 1. The molecule has 15 heteroatoms. The van der Waals surface area contributed by atoms with Gasteiger partial charge in [-0.2, -0.15) is 15.3 Å². The molecule has 0 spiro atoms. The predicted molar refractivity (Wildman–Crippen MR) is 228 cm³/mol. The van der Waals surface area contributed by atoms with Gasteiger partial charge in [-0.1, -0.05) is 36.9 Å². The Morgan fingerprint density at radius 2 is 1.78 bits per heavy atom. The second-order valence-corrected chi connectivity index (χ2v) is 14.4. The van der Waals surface area contributed by atoms with Crippen LogP contribution < -0.4 is 10.6 Å². The third-order valence-corrected chi connectivity index (χ3v) is 10.4. The number of amidine groups is 1. The van der Waals surface area contributed by atoms with E-state index >= 15 is 0 Å². The van der Waals surface area contributed by atoms with Gasteiger partial charge in [0.05, 0.1) is 57.9 Å². The molecule has 0 saturated heterocycles. The summed E-state index contributed by atoms with van der Waals surface area (Å²) >= 11 is 0. The smallest absolute Gasteiger partial charge is 0.180 e. The third kappa shape index (κ3) is 6.53. The molecule has 58 heavy (non-hydrogen) atoms. The first kappa shape index (κ1) is 34.7. The first-order chi connectivity index (χ1) is 28.4. The number of aromatic amines is 2. The minimum absolute atomic E-state index is 0.625. The van der Waals surface area contributed by atoms with Gasteiger partial charge in [0.15, 0.2) is 23.1 Å². The molecule has 0 atom stereocenters. The number of anilines is 3. The molecule has 2 aliphatic rings. The molecule has 3 aromatic carbocycles. The minimum Gasteiger partial charge on any atom is -0.338 e. The highest BCUT2D eigenvalue weighted by atomic mass is 15.3. The number of imidazole rings is 2. The molecule has 7 heterocycles. The maximum atomic E-state index is 4.91. The number of rotatable bonds is 7. The number of aliphatic imine (C=N–C) groups is 1. The molecular weight excluding hydrogens is 727 g/mol. The monoisotopic (exact) mass is 765 g/mol. The van der Waals surface area contributed by atoms with Gasteiger partial charge in [0.2, 0.25) is 0 Å². The van der Waals surface area contributed by atoms with Crippen molar-refractivity contribution in [1.82, 2.24) is 59.0 Å². The molecule has 15 nitrogen and oxygen atoms in total. The van der Waals surface area contributed by atoms with Gasteiger partial charge in [-0.25, -0.2) is 19.9 Å². The predicted octanol–water partition coefficient (Wildman–Crippen LogP) is 8.25. The highest BCUT2D eigenvalue weighted by Gasteiger charge is 2.26. The number of nitrogens with zero attached hydrogens (tertiary/aromatic N) is 11. The van der Waals surface area contributed by atoms with E-state index in [2.05, 4.69) is 89.1 Å². The van der Waals surface area contributed by atoms with Crippen LogP contribution in [0.15, 0.2) is 134 Å². The van der Waals surface area contributed by atoms with E-state index in [0.717, 1.165) is 78.2 Å². The number of fused-ring (bicyclic) bond motifs is 4. The average Bonchev–Trinajstić information content (AvgIpc) is 3.72. The van der Waals surface area contributed by atoms with Gasteiger partial charge in [0.1, 0.15) is 0 Å². The largest absolute Gasteiger partial charge is 0.338 e. The second kappa shape index (κ2) is 14.0. The Morgan fingerprint density at radius 1 is 0.897 bits per heavy atom. The van der Waals surface area contributed by atoms with Gasteiger partial charge in [0.25, 0.3) is 0 Å². The zero-order valence-corrected chi connectivity index (χ0v) is 32.1. The van der Waals surface area contributed by atoms with E-state index in [1.807, 2.05) is 113 Å². The average molecular weight is 766 g/mol. The third-order valence-electron chi connectivity index (χ3n) is 10.4. The highest BCUT2D eigenvalue weighted by molar-refractivity contribution is 6.11. The molecule has 1 fully saturated rings. The molecular formula is C43H39N15. The number of hydrogen-bond acceptors (Lipinski definition) is 10. The number of hydrogen-bond donors (Lipinski definition) is 4. The van der Waals surface area contributed by atoms with Crippen LogP contribution in [-0.2, 0) is 14.1 Å². The Balaban J connectivity index is 0.000000142. The van der Waals surface area contributed by atoms with Gasteiger partial charge in [-0.15, -0.1) is 0 Å². The van der Waals surface area contributed by atoms with Gasteiger partial charge in [-0.05, 0) is 50.1 Å². The molecule has 9 aromatic rings. The quantitative estimate of drug-likeness (QED) is 0.125. The van der Waals surface area contributed by atoms with Crippen molar-refractivity contribution in [2.75, 3.05) is 10.6 Å². The van der Waals surface area contributed by atoms with Crippen molar-refractivity contribution in [3.63, 3.8) is 0 Å². The molecule has 1 aliphatic carbocycles. The zero-order chi connectivity index (χ0) is 39.3. The SMILES string of the molecule is C=C1C(Nc2ccc3ncn(C)c3c2)=NC(c2ccc3cnn(C)c3c2)=CN1/C=C\C.c1cn2cc(-c3ccc4cn[nH]c4c3)nc(Nc3cc(C4CC4)[nH]n3)c2n1. The van der Waals surface area contributed by atoms with E-state index in [1.165, 1.54) is 18.5 Å². The Morgan fingerprint density at radius 3 is 2.66 bits per heavy atom. The van der Waals surface area contributed by atoms with Crippen LogP contribution in [-0.4, -0.2) is 64.8 Å². The zero-order valence-electron chi connectivity index (χ0n) is 32.1. The Bertz CT molecular complexity index is 3110. The van der Waals surface area contributed by atoms with Crippen LogP contribution in [0.5, 0.6) is 0 Å². The van der Waals surface area contributed by atoms with Crippen molar-refractivity contribution in [1.29, 1.82) is 0 Å². The van der Waals surface area contributed by atoms with Gasteiger partial charge in [0, 0.05) is 90.4 Å². The van der Waals surface area contributed by atoms with Crippen LogP contribution >= 0.6 is 0 Å². The first-order valence-corrected chi connectivity index (χ1v) is 19.0. The number of benzene rings is 3. The molecule has 6 aromatic heterocycles. The van der Waals surface area contributed by atoms with Crippen molar-refractivity contribution in [3.05, 3.63) is 140 Å². The van der Waals surface area contributed by atoms with Gasteiger partial charge in [-0.3, -0.25) is 14.9 Å². The summed E-state index contributed by atoms with van der Waals surface area (Å²) in [5.74, 6) is 2.76. The van der Waals surface area contributed by atoms with E-state index < -0.39 is 0 Å². The number of H-pyrrole nitrogens is 2. The molecule has 286 valence electrons. The fraction of sp³-hybridized carbons (Fsp3) is 0.140. The topological polar surface area (TPSA) is 163 Å². The van der Waals surface area contributed by atoms with Crippen molar-refractivity contribution in [2.24, 2.45) is 19.1 Å². The standard InChI is InChI=1S/C24H23N7.C19H16N8/c1-5-10-31-14-21(17-6-7-18-13-26-30(4)22(18)11-17)28-24(16(31)2)27-19-8-9-20-23(12-19)29(3)15-25-20;1-2-11(1)15-8-17(26-25-15)23-18-19-20-5-6-27(19)10-16(22-18)12-3-4-13-9-21-24-14(13)7-12/h5-15H,2H2,1,3-4H3,(H,27,28);3-11H,1-2H2,(H,21,24)(H2,22,23,25,26)/b10-5-;. The van der Waals surface area contributed by atoms with Crippen LogP contribution in [0.1, 0.15) is 36.9 Å². The fourth-order valence-corrected chi connectivity index (χ4v) is 7.10. The molecule has 0 unspecified atom stereocenters. The second-order valence-electron chi connectivity index (χ2n) is 14.4. The molecule has 1 saturated carbocycles. The Kier molecular flexibility index (Phi) is 8.39. The number of nitrogens with one attached hydrogen (secondary N) is 4. The maximum Gasteiger partial charge on any atom is 0.180 e. The van der Waals surface area contributed by atoms with E-state index in [4.69, 9.17) is 9.98 Å². The van der Waals surface area contributed by atoms with Crippen LogP contribution in [0.3, 0.4) is 0 Å². The maximum absolute atomic E-state index is 4.91.